The summed E-state index contributed by atoms with van der Waals surface area (Å²) >= 11 is 0. The lowest BCUT2D eigenvalue weighted by Crippen LogP contribution is -2.28. The summed E-state index contributed by atoms with van der Waals surface area (Å²) in [6.45, 7) is 0.194. The summed E-state index contributed by atoms with van der Waals surface area (Å²) < 4.78 is 0. The number of benzene rings is 3. The molecule has 0 saturated carbocycles. The van der Waals surface area contributed by atoms with Crippen molar-refractivity contribution in [2.45, 2.75) is 6.42 Å². The van der Waals surface area contributed by atoms with Gasteiger partial charge in [-0.15, -0.1) is 0 Å². The summed E-state index contributed by atoms with van der Waals surface area (Å²) in [6, 6.07) is 19.4. The Kier molecular flexibility index (Phi) is 4.49. The minimum Gasteiger partial charge on any atom is -0.326 e. The van der Waals surface area contributed by atoms with Crippen molar-refractivity contribution in [1.29, 1.82) is 0 Å². The lowest BCUT2D eigenvalue weighted by Gasteiger charge is -2.16. The van der Waals surface area contributed by atoms with Crippen LogP contribution in [0.3, 0.4) is 0 Å². The zero-order valence-electron chi connectivity index (χ0n) is 14.9. The van der Waals surface area contributed by atoms with E-state index in [-0.39, 0.29) is 30.5 Å². The van der Waals surface area contributed by atoms with Crippen molar-refractivity contribution in [1.82, 2.24) is 0 Å². The Morgan fingerprint density at radius 2 is 1.82 bits per heavy atom. The maximum absolute atomic E-state index is 12.7. The van der Waals surface area contributed by atoms with Crippen molar-refractivity contribution >= 4 is 39.6 Å². The number of rotatable bonds is 4. The smallest absolute Gasteiger partial charge is 0.271 e. The van der Waals surface area contributed by atoms with Crippen LogP contribution in [0.5, 0.6) is 0 Å². The number of amides is 2. The van der Waals surface area contributed by atoms with Gasteiger partial charge in [0.1, 0.15) is 0 Å². The van der Waals surface area contributed by atoms with Crippen LogP contribution in [0.4, 0.5) is 17.1 Å². The molecule has 1 atom stereocenters. The Bertz CT molecular complexity index is 1100. The predicted octanol–water partition coefficient (Wildman–Crippen LogP) is 3.74. The minimum atomic E-state index is -0.516. The first-order chi connectivity index (χ1) is 13.5. The molecular formula is C21H17N3O4. The number of nitrogens with zero attached hydrogens (tertiary/aromatic N) is 2. The van der Waals surface area contributed by atoms with Gasteiger partial charge in [-0.2, -0.15) is 0 Å². The fourth-order valence-corrected chi connectivity index (χ4v) is 3.42. The number of nitrogens with one attached hydrogen (secondary N) is 1. The average molecular weight is 375 g/mol. The third-order valence-corrected chi connectivity index (χ3v) is 4.87. The largest absolute Gasteiger partial charge is 0.326 e. The van der Waals surface area contributed by atoms with Crippen LogP contribution in [-0.2, 0) is 9.59 Å². The number of anilines is 2. The molecule has 1 aliphatic heterocycles. The lowest BCUT2D eigenvalue weighted by molar-refractivity contribution is -0.384. The second-order valence-corrected chi connectivity index (χ2v) is 6.73. The minimum absolute atomic E-state index is 0.0715. The van der Waals surface area contributed by atoms with Gasteiger partial charge in [-0.25, -0.2) is 0 Å². The van der Waals surface area contributed by atoms with E-state index in [1.165, 1.54) is 23.1 Å². The highest BCUT2D eigenvalue weighted by Gasteiger charge is 2.35. The molecule has 7 nitrogen and oxygen atoms in total. The molecule has 1 N–H and O–H groups in total. The van der Waals surface area contributed by atoms with Crippen molar-refractivity contribution in [2.75, 3.05) is 16.8 Å². The van der Waals surface area contributed by atoms with Gasteiger partial charge in [-0.3, -0.25) is 19.7 Å². The van der Waals surface area contributed by atoms with Gasteiger partial charge in [0.25, 0.3) is 5.69 Å². The number of carbonyl (C=O) groups excluding carboxylic acids is 2. The van der Waals surface area contributed by atoms with Gasteiger partial charge in [-0.1, -0.05) is 36.4 Å². The molecule has 28 heavy (non-hydrogen) atoms. The van der Waals surface area contributed by atoms with Crippen LogP contribution < -0.4 is 10.2 Å². The topological polar surface area (TPSA) is 92.6 Å². The van der Waals surface area contributed by atoms with E-state index >= 15 is 0 Å². The Morgan fingerprint density at radius 1 is 1.04 bits per heavy atom. The highest BCUT2D eigenvalue weighted by Crippen LogP contribution is 2.29. The maximum Gasteiger partial charge on any atom is 0.271 e. The standard InChI is InChI=1S/C21H17N3O4/c25-20-11-16(13-23(20)18-6-3-7-19(12-18)24(27)28)21(26)22-17-9-8-14-4-1-2-5-15(14)10-17/h1-10,12,16H,11,13H2,(H,22,26). The van der Waals surface area contributed by atoms with Crippen LogP contribution >= 0.6 is 0 Å². The van der Waals surface area contributed by atoms with Crippen LogP contribution in [-0.4, -0.2) is 23.3 Å². The third kappa shape index (κ3) is 3.42. The molecule has 1 unspecified atom stereocenters. The van der Waals surface area contributed by atoms with E-state index in [0.29, 0.717) is 11.4 Å². The monoisotopic (exact) mass is 375 g/mol. The second kappa shape index (κ2) is 7.11. The van der Waals surface area contributed by atoms with E-state index in [4.69, 9.17) is 0 Å². The van der Waals surface area contributed by atoms with Gasteiger partial charge in [0.05, 0.1) is 16.5 Å². The molecule has 7 heteroatoms. The number of hydrogen-bond donors (Lipinski definition) is 1. The summed E-state index contributed by atoms with van der Waals surface area (Å²) in [5.41, 5.74) is 1.01. The normalized spacial score (nSPS) is 16.4. The molecule has 0 aliphatic carbocycles. The highest BCUT2D eigenvalue weighted by atomic mass is 16.6. The molecule has 140 valence electrons. The van der Waals surface area contributed by atoms with Gasteiger partial charge in [0.15, 0.2) is 0 Å². The number of nitro groups is 1. The first-order valence-electron chi connectivity index (χ1n) is 8.86. The van der Waals surface area contributed by atoms with E-state index in [9.17, 15) is 19.7 Å². The molecule has 1 heterocycles. The van der Waals surface area contributed by atoms with Crippen molar-refractivity contribution in [3.63, 3.8) is 0 Å². The molecule has 0 bridgehead atoms. The fraction of sp³-hybridized carbons (Fsp3) is 0.143. The quantitative estimate of drug-likeness (QED) is 0.555. The van der Waals surface area contributed by atoms with Gasteiger partial charge in [0, 0.05) is 30.8 Å². The van der Waals surface area contributed by atoms with Crippen molar-refractivity contribution in [2.24, 2.45) is 5.92 Å². The zero-order chi connectivity index (χ0) is 19.7. The number of non-ortho nitro benzene ring substituents is 1. The SMILES string of the molecule is O=C(Nc1ccc2ccccc2c1)C1CC(=O)N(c2cccc([N+](=O)[O-])c2)C1. The molecule has 0 radical (unpaired) electrons. The van der Waals surface area contributed by atoms with Crippen molar-refractivity contribution < 1.29 is 14.5 Å². The van der Waals surface area contributed by atoms with Crippen LogP contribution in [0.25, 0.3) is 10.8 Å². The zero-order valence-corrected chi connectivity index (χ0v) is 14.9. The summed E-state index contributed by atoms with van der Waals surface area (Å²) in [5.74, 6) is -0.978. The molecule has 1 saturated heterocycles. The molecule has 1 aliphatic rings. The first kappa shape index (κ1) is 17.7. The van der Waals surface area contributed by atoms with Crippen LogP contribution in [0.15, 0.2) is 66.7 Å². The summed E-state index contributed by atoms with van der Waals surface area (Å²) in [6.07, 6.45) is 0.0715. The number of carbonyl (C=O) groups is 2. The maximum atomic E-state index is 12.7. The predicted molar refractivity (Wildman–Crippen MR) is 106 cm³/mol. The third-order valence-electron chi connectivity index (χ3n) is 4.87. The average Bonchev–Trinajstić information content (AvgIpc) is 3.10. The van der Waals surface area contributed by atoms with Crippen molar-refractivity contribution in [3.8, 4) is 0 Å². The van der Waals surface area contributed by atoms with E-state index in [1.807, 2.05) is 42.5 Å². The highest BCUT2D eigenvalue weighted by molar-refractivity contribution is 6.04. The van der Waals surface area contributed by atoms with Gasteiger partial charge >= 0.3 is 0 Å². The summed E-state index contributed by atoms with van der Waals surface area (Å²) in [4.78, 5) is 36.9. The van der Waals surface area contributed by atoms with Crippen molar-refractivity contribution in [3.05, 3.63) is 76.8 Å². The molecule has 1 fully saturated rings. The number of nitro benzene ring substituents is 1. The molecule has 0 aromatic heterocycles. The van der Waals surface area contributed by atoms with Gasteiger partial charge in [0.2, 0.25) is 11.8 Å². The van der Waals surface area contributed by atoms with Gasteiger partial charge in [-0.05, 0) is 29.0 Å². The molecule has 3 aromatic carbocycles. The Labute approximate surface area is 160 Å². The van der Waals surface area contributed by atoms with Crippen LogP contribution in [0.2, 0.25) is 0 Å². The molecule has 4 rings (SSSR count). The molecule has 0 spiro atoms. The summed E-state index contributed by atoms with van der Waals surface area (Å²) in [5, 5.41) is 15.9. The van der Waals surface area contributed by atoms with E-state index in [0.717, 1.165) is 10.8 Å². The number of hydrogen-bond acceptors (Lipinski definition) is 4. The fourth-order valence-electron chi connectivity index (χ4n) is 3.42. The van der Waals surface area contributed by atoms with Crippen LogP contribution in [0.1, 0.15) is 6.42 Å². The molecule has 2 amide bonds. The van der Waals surface area contributed by atoms with E-state index < -0.39 is 10.8 Å². The number of fused-ring (bicyclic) bond motifs is 1. The Hall–Kier alpha value is -3.74. The lowest BCUT2D eigenvalue weighted by atomic mass is 10.1. The van der Waals surface area contributed by atoms with E-state index in [1.54, 1.807) is 6.07 Å². The van der Waals surface area contributed by atoms with Gasteiger partial charge < -0.3 is 10.2 Å². The Morgan fingerprint density at radius 3 is 2.61 bits per heavy atom. The van der Waals surface area contributed by atoms with E-state index in [2.05, 4.69) is 5.32 Å². The Balaban J connectivity index is 1.49. The second-order valence-electron chi connectivity index (χ2n) is 6.73. The summed E-state index contributed by atoms with van der Waals surface area (Å²) in [7, 11) is 0. The molecule has 3 aromatic rings. The first-order valence-corrected chi connectivity index (χ1v) is 8.86. The molecular weight excluding hydrogens is 358 g/mol. The van der Waals surface area contributed by atoms with Crippen LogP contribution in [0, 0.1) is 16.0 Å².